The lowest BCUT2D eigenvalue weighted by molar-refractivity contribution is 0.186. The van der Waals surface area contributed by atoms with Gasteiger partial charge in [-0.2, -0.15) is 11.8 Å². The van der Waals surface area contributed by atoms with E-state index in [2.05, 4.69) is 16.7 Å². The molecule has 1 unspecified atom stereocenters. The second-order valence-corrected chi connectivity index (χ2v) is 5.39. The summed E-state index contributed by atoms with van der Waals surface area (Å²) in [5.74, 6) is 2.58. The smallest absolute Gasteiger partial charge is 0.0462 e. The molecule has 1 fully saturated rings. The predicted octanol–water partition coefficient (Wildman–Crippen LogP) is 1.18. The summed E-state index contributed by atoms with van der Waals surface area (Å²) in [6.07, 6.45) is 3.48. The van der Waals surface area contributed by atoms with Gasteiger partial charge in [-0.1, -0.05) is 0 Å². The lowest BCUT2D eigenvalue weighted by atomic mass is 10.1. The fourth-order valence-electron chi connectivity index (χ4n) is 1.89. The molecule has 90 valence electrons. The van der Waals surface area contributed by atoms with Gasteiger partial charge in [-0.3, -0.25) is 0 Å². The van der Waals surface area contributed by atoms with Crippen molar-refractivity contribution in [3.63, 3.8) is 0 Å². The SMILES string of the molecule is COCCCC(N)CN1CCCSCC1. The molecule has 0 radical (unpaired) electrons. The molecule has 15 heavy (non-hydrogen) atoms. The van der Waals surface area contributed by atoms with Crippen LogP contribution in [0.3, 0.4) is 0 Å². The molecule has 0 aromatic carbocycles. The number of hydrogen-bond acceptors (Lipinski definition) is 4. The van der Waals surface area contributed by atoms with Gasteiger partial charge in [-0.15, -0.1) is 0 Å². The van der Waals surface area contributed by atoms with Crippen LogP contribution in [0.15, 0.2) is 0 Å². The topological polar surface area (TPSA) is 38.5 Å². The van der Waals surface area contributed by atoms with E-state index < -0.39 is 0 Å². The van der Waals surface area contributed by atoms with Gasteiger partial charge in [0.2, 0.25) is 0 Å². The average molecular weight is 232 g/mol. The van der Waals surface area contributed by atoms with E-state index >= 15 is 0 Å². The van der Waals surface area contributed by atoms with Crippen molar-refractivity contribution in [3.8, 4) is 0 Å². The number of nitrogens with zero attached hydrogens (tertiary/aromatic N) is 1. The van der Waals surface area contributed by atoms with E-state index in [9.17, 15) is 0 Å². The van der Waals surface area contributed by atoms with Crippen LogP contribution in [-0.2, 0) is 4.74 Å². The second-order valence-electron chi connectivity index (χ2n) is 4.16. The van der Waals surface area contributed by atoms with Gasteiger partial charge in [0, 0.05) is 38.6 Å². The highest BCUT2D eigenvalue weighted by molar-refractivity contribution is 7.99. The highest BCUT2D eigenvalue weighted by Crippen LogP contribution is 2.10. The summed E-state index contributed by atoms with van der Waals surface area (Å²) in [5, 5.41) is 0. The molecule has 1 aliphatic rings. The number of ether oxygens (including phenoxy) is 1. The maximum Gasteiger partial charge on any atom is 0.0462 e. The molecule has 0 aliphatic carbocycles. The number of rotatable bonds is 6. The second kappa shape index (κ2) is 8.39. The molecule has 3 nitrogen and oxygen atoms in total. The highest BCUT2D eigenvalue weighted by atomic mass is 32.2. The predicted molar refractivity (Wildman–Crippen MR) is 67.5 cm³/mol. The molecule has 1 saturated heterocycles. The molecule has 0 aromatic heterocycles. The van der Waals surface area contributed by atoms with Crippen molar-refractivity contribution >= 4 is 11.8 Å². The third kappa shape index (κ3) is 6.40. The summed E-state index contributed by atoms with van der Waals surface area (Å²) in [4.78, 5) is 2.51. The number of nitrogens with two attached hydrogens (primary N) is 1. The lowest BCUT2D eigenvalue weighted by Crippen LogP contribution is -2.38. The van der Waals surface area contributed by atoms with Crippen LogP contribution in [0.2, 0.25) is 0 Å². The van der Waals surface area contributed by atoms with Crippen LogP contribution in [0.1, 0.15) is 19.3 Å². The standard InChI is InChI=1S/C11H24N2OS/c1-14-7-2-4-11(12)10-13-5-3-8-15-9-6-13/h11H,2-10,12H2,1H3. The normalized spacial score (nSPS) is 21.2. The van der Waals surface area contributed by atoms with Crippen molar-refractivity contribution in [2.45, 2.75) is 25.3 Å². The molecule has 0 saturated carbocycles. The minimum atomic E-state index is 0.322. The van der Waals surface area contributed by atoms with E-state index in [1.54, 1.807) is 7.11 Å². The van der Waals surface area contributed by atoms with Crippen LogP contribution < -0.4 is 5.73 Å². The Labute approximate surface area is 97.7 Å². The van der Waals surface area contributed by atoms with Crippen molar-refractivity contribution in [1.29, 1.82) is 0 Å². The van der Waals surface area contributed by atoms with Crippen molar-refractivity contribution in [2.75, 3.05) is 44.9 Å². The van der Waals surface area contributed by atoms with E-state index in [0.29, 0.717) is 6.04 Å². The van der Waals surface area contributed by atoms with Gasteiger partial charge in [-0.05, 0) is 31.6 Å². The van der Waals surface area contributed by atoms with E-state index in [1.807, 2.05) is 0 Å². The zero-order chi connectivity index (χ0) is 10.9. The van der Waals surface area contributed by atoms with Gasteiger partial charge in [0.05, 0.1) is 0 Å². The first-order valence-corrected chi connectivity index (χ1v) is 7.03. The van der Waals surface area contributed by atoms with Gasteiger partial charge in [0.25, 0.3) is 0 Å². The van der Waals surface area contributed by atoms with Crippen LogP contribution in [0.25, 0.3) is 0 Å². The van der Waals surface area contributed by atoms with Crippen molar-refractivity contribution in [2.24, 2.45) is 5.73 Å². The van der Waals surface area contributed by atoms with E-state index in [1.165, 1.54) is 31.0 Å². The fraction of sp³-hybridized carbons (Fsp3) is 1.00. The maximum atomic E-state index is 6.09. The zero-order valence-electron chi connectivity index (χ0n) is 9.78. The first kappa shape index (κ1) is 13.3. The monoisotopic (exact) mass is 232 g/mol. The van der Waals surface area contributed by atoms with Crippen molar-refractivity contribution in [1.82, 2.24) is 4.90 Å². The van der Waals surface area contributed by atoms with E-state index in [4.69, 9.17) is 10.5 Å². The lowest BCUT2D eigenvalue weighted by Gasteiger charge is -2.23. The summed E-state index contributed by atoms with van der Waals surface area (Å²) in [7, 11) is 1.75. The summed E-state index contributed by atoms with van der Waals surface area (Å²) in [6.45, 7) is 4.33. The third-order valence-electron chi connectivity index (χ3n) is 2.73. The largest absolute Gasteiger partial charge is 0.385 e. The quantitative estimate of drug-likeness (QED) is 0.698. The summed E-state index contributed by atoms with van der Waals surface area (Å²) >= 11 is 2.07. The van der Waals surface area contributed by atoms with Gasteiger partial charge in [-0.25, -0.2) is 0 Å². The highest BCUT2D eigenvalue weighted by Gasteiger charge is 2.12. The van der Waals surface area contributed by atoms with Gasteiger partial charge in [0.1, 0.15) is 0 Å². The molecule has 1 atom stereocenters. The Morgan fingerprint density at radius 2 is 2.27 bits per heavy atom. The Morgan fingerprint density at radius 1 is 1.40 bits per heavy atom. The Balaban J connectivity index is 2.09. The first-order chi connectivity index (χ1) is 7.33. The Hall–Kier alpha value is 0.230. The zero-order valence-corrected chi connectivity index (χ0v) is 10.6. The Bertz CT molecular complexity index is 150. The third-order valence-corrected chi connectivity index (χ3v) is 3.78. The Kier molecular flexibility index (Phi) is 7.44. The number of hydrogen-bond donors (Lipinski definition) is 1. The van der Waals surface area contributed by atoms with Gasteiger partial charge < -0.3 is 15.4 Å². The van der Waals surface area contributed by atoms with E-state index in [0.717, 1.165) is 26.0 Å². The molecule has 1 heterocycles. The molecule has 2 N–H and O–H groups in total. The van der Waals surface area contributed by atoms with E-state index in [-0.39, 0.29) is 0 Å². The van der Waals surface area contributed by atoms with Crippen molar-refractivity contribution in [3.05, 3.63) is 0 Å². The molecule has 0 bridgehead atoms. The molecule has 1 aliphatic heterocycles. The Morgan fingerprint density at radius 3 is 3.07 bits per heavy atom. The minimum Gasteiger partial charge on any atom is -0.385 e. The molecule has 1 rings (SSSR count). The minimum absolute atomic E-state index is 0.322. The van der Waals surface area contributed by atoms with Crippen LogP contribution in [0.4, 0.5) is 0 Å². The average Bonchev–Trinajstić information content (AvgIpc) is 2.47. The molecular weight excluding hydrogens is 208 g/mol. The van der Waals surface area contributed by atoms with Gasteiger partial charge in [0.15, 0.2) is 0 Å². The van der Waals surface area contributed by atoms with Gasteiger partial charge >= 0.3 is 0 Å². The van der Waals surface area contributed by atoms with Crippen molar-refractivity contribution < 1.29 is 4.74 Å². The first-order valence-electron chi connectivity index (χ1n) is 5.87. The van der Waals surface area contributed by atoms with Crippen LogP contribution >= 0.6 is 11.8 Å². The maximum absolute atomic E-state index is 6.09. The van der Waals surface area contributed by atoms with Crippen LogP contribution in [-0.4, -0.2) is 55.8 Å². The van der Waals surface area contributed by atoms with Crippen LogP contribution in [0, 0.1) is 0 Å². The number of thioether (sulfide) groups is 1. The molecule has 4 heteroatoms. The molecule has 0 aromatic rings. The molecule has 0 amide bonds. The summed E-state index contributed by atoms with van der Waals surface area (Å²) < 4.78 is 5.03. The summed E-state index contributed by atoms with van der Waals surface area (Å²) in [5.41, 5.74) is 6.09. The number of methoxy groups -OCH3 is 1. The summed E-state index contributed by atoms with van der Waals surface area (Å²) in [6, 6.07) is 0.322. The molecule has 0 spiro atoms. The van der Waals surface area contributed by atoms with Crippen LogP contribution in [0.5, 0.6) is 0 Å². The fourth-order valence-corrected chi connectivity index (χ4v) is 2.82. The molecular formula is C11H24N2OS.